The molecule has 2 aromatic rings. The summed E-state index contributed by atoms with van der Waals surface area (Å²) in [5.41, 5.74) is -1.72. The minimum Gasteiger partial charge on any atom is -0.497 e. The van der Waals surface area contributed by atoms with Gasteiger partial charge in [0.1, 0.15) is 11.4 Å². The second-order valence-electron chi connectivity index (χ2n) is 16.8. The zero-order valence-corrected chi connectivity index (χ0v) is 30.1. The maximum absolute atomic E-state index is 15.5. The highest BCUT2D eigenvalue weighted by atomic mass is 19.4. The van der Waals surface area contributed by atoms with Crippen LogP contribution in [0.25, 0.3) is 5.76 Å². The van der Waals surface area contributed by atoms with Gasteiger partial charge in [0.25, 0.3) is 0 Å². The molecule has 4 aliphatic carbocycles. The van der Waals surface area contributed by atoms with Gasteiger partial charge in [0.2, 0.25) is 0 Å². The molecule has 0 radical (unpaired) electrons. The first kappa shape index (κ1) is 37.1. The zero-order chi connectivity index (χ0) is 37.5. The maximum Gasteiger partial charge on any atom is 0.456 e. The molecule has 5 nitrogen and oxygen atoms in total. The molecule has 2 N–H and O–H groups in total. The number of aliphatic hydroxyl groups is 2. The van der Waals surface area contributed by atoms with Crippen LogP contribution in [-0.4, -0.2) is 59.6 Å². The minimum atomic E-state index is -5.91. The average molecular weight is 727 g/mol. The van der Waals surface area contributed by atoms with Crippen molar-refractivity contribution in [1.29, 1.82) is 0 Å². The van der Waals surface area contributed by atoms with Crippen LogP contribution in [0.3, 0.4) is 0 Å². The third-order valence-electron chi connectivity index (χ3n) is 13.0. The van der Waals surface area contributed by atoms with Gasteiger partial charge in [0, 0.05) is 46.3 Å². The van der Waals surface area contributed by atoms with Crippen LogP contribution in [0.2, 0.25) is 0 Å². The van der Waals surface area contributed by atoms with E-state index >= 15 is 8.78 Å². The Bertz CT molecular complexity index is 1810. The fourth-order valence-corrected chi connectivity index (χ4v) is 10.1. The second-order valence-corrected chi connectivity index (χ2v) is 16.8. The molecule has 52 heavy (non-hydrogen) atoms. The number of fused-ring (bicyclic) bond motifs is 4. The Kier molecular flexibility index (Phi) is 8.85. The molecule has 2 aromatic carbocycles. The van der Waals surface area contributed by atoms with Crippen LogP contribution in [0, 0.1) is 34.5 Å². The number of benzene rings is 2. The van der Waals surface area contributed by atoms with Gasteiger partial charge in [-0.1, -0.05) is 69.0 Å². The van der Waals surface area contributed by atoms with Crippen molar-refractivity contribution in [3.8, 4) is 11.8 Å². The van der Waals surface area contributed by atoms with Crippen LogP contribution >= 0.6 is 0 Å². The lowest BCUT2D eigenvalue weighted by atomic mass is 9.49. The molecule has 6 atom stereocenters. The Morgan fingerprint density at radius 1 is 0.865 bits per heavy atom. The van der Waals surface area contributed by atoms with Gasteiger partial charge in [-0.15, -0.1) is 0 Å². The molecule has 1 spiro atoms. The third-order valence-corrected chi connectivity index (χ3v) is 13.0. The van der Waals surface area contributed by atoms with E-state index < -0.39 is 52.8 Å². The van der Waals surface area contributed by atoms with Crippen molar-refractivity contribution >= 4 is 5.76 Å². The van der Waals surface area contributed by atoms with Crippen molar-refractivity contribution in [3.05, 3.63) is 88.5 Å². The van der Waals surface area contributed by atoms with Crippen LogP contribution in [0.15, 0.2) is 66.3 Å². The highest BCUT2D eigenvalue weighted by Gasteiger charge is 2.79. The van der Waals surface area contributed by atoms with Crippen LogP contribution in [-0.2, 0) is 14.2 Å². The third kappa shape index (κ3) is 5.82. The van der Waals surface area contributed by atoms with Gasteiger partial charge < -0.3 is 24.4 Å². The SMILES string of the molecule is C=C(OC)c1ccc(C#Cc2ccc([C@H]3CC4(C)C(CCC4(O)C(F)(F)C(F)(F)F)C4CCC5(O)CC6(CCC5=C43)OCC(C)(C)CO6)cc2)cc1. The predicted octanol–water partition coefficient (Wildman–Crippen LogP) is 8.93. The number of hydrogen-bond acceptors (Lipinski definition) is 5. The van der Waals surface area contributed by atoms with Gasteiger partial charge >= 0.3 is 12.1 Å². The highest BCUT2D eigenvalue weighted by molar-refractivity contribution is 5.58. The molecular formula is C42H47F5O5. The number of hydrogen-bond donors (Lipinski definition) is 2. The molecule has 7 rings (SSSR count). The van der Waals surface area contributed by atoms with Crippen LogP contribution in [0.5, 0.6) is 0 Å². The Morgan fingerprint density at radius 2 is 1.46 bits per heavy atom. The second kappa shape index (κ2) is 12.4. The predicted molar refractivity (Wildman–Crippen MR) is 186 cm³/mol. The van der Waals surface area contributed by atoms with Gasteiger partial charge in [-0.05, 0) is 85.8 Å². The molecule has 10 heteroatoms. The first-order chi connectivity index (χ1) is 24.3. The molecule has 1 aliphatic heterocycles. The quantitative estimate of drug-likeness (QED) is 0.143. The van der Waals surface area contributed by atoms with Crippen molar-refractivity contribution in [2.24, 2.45) is 22.7 Å². The summed E-state index contributed by atoms with van der Waals surface area (Å²) >= 11 is 0. The number of halogens is 5. The van der Waals surface area contributed by atoms with E-state index in [2.05, 4.69) is 32.3 Å². The van der Waals surface area contributed by atoms with E-state index in [0.717, 1.165) is 27.8 Å². The normalized spacial score (nSPS) is 33.7. The number of methoxy groups -OCH3 is 1. The van der Waals surface area contributed by atoms with E-state index in [1.165, 1.54) is 6.92 Å². The fourth-order valence-electron chi connectivity index (χ4n) is 10.1. The van der Waals surface area contributed by atoms with Crippen LogP contribution in [0.1, 0.15) is 100 Å². The summed E-state index contributed by atoms with van der Waals surface area (Å²) in [5.74, 6) is -1.03. The van der Waals surface area contributed by atoms with Crippen LogP contribution in [0.4, 0.5) is 22.0 Å². The Hall–Kier alpha value is -3.23. The molecule has 5 aliphatic rings. The Balaban J connectivity index is 1.27. The molecule has 1 saturated heterocycles. The molecule has 3 saturated carbocycles. The smallest absolute Gasteiger partial charge is 0.456 e. The summed E-state index contributed by atoms with van der Waals surface area (Å²) in [4.78, 5) is 0. The maximum atomic E-state index is 15.5. The lowest BCUT2D eigenvalue weighted by Crippen LogP contribution is -2.65. The summed E-state index contributed by atoms with van der Waals surface area (Å²) in [6, 6.07) is 14.8. The first-order valence-corrected chi connectivity index (χ1v) is 18.1. The van der Waals surface area contributed by atoms with E-state index in [1.54, 1.807) is 7.11 Å². The van der Waals surface area contributed by atoms with Gasteiger partial charge in [-0.3, -0.25) is 0 Å². The zero-order valence-electron chi connectivity index (χ0n) is 30.1. The van der Waals surface area contributed by atoms with Gasteiger partial charge in [0.05, 0.1) is 25.9 Å². The molecule has 0 amide bonds. The van der Waals surface area contributed by atoms with Crippen molar-refractivity contribution in [2.75, 3.05) is 20.3 Å². The lowest BCUT2D eigenvalue weighted by molar-refractivity contribution is -0.362. The average Bonchev–Trinajstić information content (AvgIpc) is 3.38. The van der Waals surface area contributed by atoms with Gasteiger partial charge in [0.15, 0.2) is 5.79 Å². The molecule has 0 aromatic heterocycles. The van der Waals surface area contributed by atoms with E-state index in [4.69, 9.17) is 14.2 Å². The van der Waals surface area contributed by atoms with E-state index in [1.807, 2.05) is 48.5 Å². The van der Waals surface area contributed by atoms with Gasteiger partial charge in [-0.25, -0.2) is 0 Å². The Morgan fingerprint density at radius 3 is 2.04 bits per heavy atom. The van der Waals surface area contributed by atoms with Crippen molar-refractivity contribution < 1.29 is 46.4 Å². The monoisotopic (exact) mass is 726 g/mol. The molecule has 280 valence electrons. The van der Waals surface area contributed by atoms with E-state index in [0.29, 0.717) is 50.2 Å². The van der Waals surface area contributed by atoms with Crippen molar-refractivity contribution in [1.82, 2.24) is 0 Å². The number of ether oxygens (including phenoxy) is 3. The van der Waals surface area contributed by atoms with Crippen LogP contribution < -0.4 is 0 Å². The topological polar surface area (TPSA) is 68.2 Å². The minimum absolute atomic E-state index is 0.0333. The number of rotatable bonds is 4. The van der Waals surface area contributed by atoms with Crippen molar-refractivity contribution in [3.63, 3.8) is 0 Å². The van der Waals surface area contributed by atoms with E-state index in [9.17, 15) is 23.4 Å². The summed E-state index contributed by atoms with van der Waals surface area (Å²) < 4.78 is 90.8. The standard InChI is InChI=1S/C42H47F5O5/c1-26(50-5)29-12-8-27(9-13-29)6-7-28-10-14-30(15-11-28)32-22-37(4)33(18-21-40(37,49)41(43,44)42(45,46)47)31-16-19-38(48)23-39(20-17-34(38)35(31)32)51-24-36(2,3)25-52-39/h8-15,31-33,48-49H,1,16-25H2,2-5H3/t31?,32-,33?,37?,38?,40?/m1/s1. The summed E-state index contributed by atoms with van der Waals surface area (Å²) in [6.07, 6.45) is -4.80. The molecule has 1 heterocycles. The Labute approximate surface area is 302 Å². The number of alkyl halides is 5. The lowest BCUT2D eigenvalue weighted by Gasteiger charge is -2.59. The molecule has 0 bridgehead atoms. The van der Waals surface area contributed by atoms with E-state index in [-0.39, 0.29) is 30.6 Å². The van der Waals surface area contributed by atoms with Crippen molar-refractivity contribution in [2.45, 2.75) is 107 Å². The summed E-state index contributed by atoms with van der Waals surface area (Å²) in [6.45, 7) is 10.4. The summed E-state index contributed by atoms with van der Waals surface area (Å²) in [5, 5.41) is 24.0. The molecular weight excluding hydrogens is 679 g/mol. The first-order valence-electron chi connectivity index (χ1n) is 18.1. The number of allylic oxidation sites excluding steroid dienone is 1. The molecule has 4 fully saturated rings. The fraction of sp³-hybridized carbons (Fsp3) is 0.571. The highest BCUT2D eigenvalue weighted by Crippen LogP contribution is 2.71. The van der Waals surface area contributed by atoms with Gasteiger partial charge in [-0.2, -0.15) is 22.0 Å². The largest absolute Gasteiger partial charge is 0.497 e. The summed E-state index contributed by atoms with van der Waals surface area (Å²) in [7, 11) is 1.55. The molecule has 5 unspecified atom stereocenters.